The van der Waals surface area contributed by atoms with E-state index >= 15 is 0 Å². The van der Waals surface area contributed by atoms with Gasteiger partial charge in [0.25, 0.3) is 0 Å². The van der Waals surface area contributed by atoms with E-state index in [1.165, 1.54) is 0 Å². The molecule has 2 amide bonds. The second-order valence-electron chi connectivity index (χ2n) is 3.25. The quantitative estimate of drug-likeness (QED) is 0.515. The highest BCUT2D eigenvalue weighted by Crippen LogP contribution is 2.14. The normalized spacial score (nSPS) is 11.1. The molecule has 0 fully saturated rings. The minimum Gasteiger partial charge on any atom is -0.370 e. The second kappa shape index (κ2) is 5.98. The van der Waals surface area contributed by atoms with Gasteiger partial charge in [0.05, 0.1) is 10.9 Å². The average molecular weight is 267 g/mol. The molecule has 0 saturated carbocycles. The van der Waals surface area contributed by atoms with Crippen molar-refractivity contribution in [1.82, 2.24) is 5.32 Å². The minimum atomic E-state index is -0.587. The van der Waals surface area contributed by atoms with E-state index in [1.807, 2.05) is 0 Å². The van der Waals surface area contributed by atoms with Crippen LogP contribution in [0, 0.1) is 0 Å². The third kappa shape index (κ3) is 6.85. The number of hydrogen-bond donors (Lipinski definition) is 2. The Morgan fingerprint density at radius 3 is 2.50 bits per heavy atom. The number of amides is 2. The van der Waals surface area contributed by atoms with Gasteiger partial charge in [-0.05, 0) is 13.8 Å². The predicted molar refractivity (Wildman–Crippen MR) is 56.0 cm³/mol. The molecule has 3 N–H and O–H groups in total. The predicted octanol–water partition coefficient (Wildman–Crippen LogP) is -0.222. The number of ether oxygens (including phenoxy) is 1. The first kappa shape index (κ1) is 13.4. The summed E-state index contributed by atoms with van der Waals surface area (Å²) in [7, 11) is 0. The first-order chi connectivity index (χ1) is 6.34. The fourth-order valence-electron chi connectivity index (χ4n) is 0.620. The first-order valence-electron chi connectivity index (χ1n) is 4.17. The second-order valence-corrected chi connectivity index (χ2v) is 5.23. The van der Waals surface area contributed by atoms with Crippen molar-refractivity contribution in [2.75, 3.05) is 19.8 Å². The minimum absolute atomic E-state index is 0.117. The molecule has 0 unspecified atom stereocenters. The summed E-state index contributed by atoms with van der Waals surface area (Å²) in [5, 5.41) is 2.63. The Labute approximate surface area is 91.5 Å². The summed E-state index contributed by atoms with van der Waals surface area (Å²) in [5.74, 6) is -0.641. The van der Waals surface area contributed by atoms with Crippen molar-refractivity contribution in [2.45, 2.75) is 18.2 Å². The molecule has 0 aliphatic rings. The van der Waals surface area contributed by atoms with Crippen LogP contribution in [0.4, 0.5) is 0 Å². The van der Waals surface area contributed by atoms with Crippen LogP contribution < -0.4 is 11.1 Å². The lowest BCUT2D eigenvalue weighted by molar-refractivity contribution is -0.123. The van der Waals surface area contributed by atoms with E-state index in [-0.39, 0.29) is 19.1 Å². The Bertz CT molecular complexity index is 213. The van der Waals surface area contributed by atoms with E-state index in [4.69, 9.17) is 10.5 Å². The van der Waals surface area contributed by atoms with Crippen LogP contribution in [0.3, 0.4) is 0 Å². The Kier molecular flexibility index (Phi) is 5.71. The largest absolute Gasteiger partial charge is 0.370 e. The lowest BCUT2D eigenvalue weighted by Gasteiger charge is -2.15. The molecular weight excluding hydrogens is 252 g/mol. The van der Waals surface area contributed by atoms with Crippen LogP contribution >= 0.6 is 15.9 Å². The van der Waals surface area contributed by atoms with Crippen LogP contribution in [0.5, 0.6) is 0 Å². The molecule has 14 heavy (non-hydrogen) atoms. The molecule has 0 aromatic heterocycles. The Balaban J connectivity index is 3.46. The molecule has 0 saturated heterocycles. The standard InChI is InChI=1S/C8H15BrN2O3/c1-8(2,9)7(13)11-3-4-14-5-6(10)12/h3-5H2,1-2H3,(H2,10,12)(H,11,13). The van der Waals surface area contributed by atoms with Gasteiger partial charge in [-0.1, -0.05) is 15.9 Å². The van der Waals surface area contributed by atoms with Crippen LogP contribution in [0.1, 0.15) is 13.8 Å². The number of carbonyl (C=O) groups excluding carboxylic acids is 2. The van der Waals surface area contributed by atoms with Gasteiger partial charge in [-0.2, -0.15) is 0 Å². The molecule has 82 valence electrons. The van der Waals surface area contributed by atoms with Crippen LogP contribution in [-0.2, 0) is 14.3 Å². The first-order valence-corrected chi connectivity index (χ1v) is 4.96. The summed E-state index contributed by atoms with van der Waals surface area (Å²) in [6.45, 7) is 4.01. The van der Waals surface area contributed by atoms with Crippen molar-refractivity contribution < 1.29 is 14.3 Å². The van der Waals surface area contributed by atoms with Gasteiger partial charge in [-0.15, -0.1) is 0 Å². The van der Waals surface area contributed by atoms with Crippen molar-refractivity contribution in [2.24, 2.45) is 5.73 Å². The van der Waals surface area contributed by atoms with Gasteiger partial charge in [-0.3, -0.25) is 9.59 Å². The van der Waals surface area contributed by atoms with E-state index < -0.39 is 10.2 Å². The molecule has 0 aliphatic heterocycles. The van der Waals surface area contributed by atoms with Crippen LogP contribution in [0.2, 0.25) is 0 Å². The van der Waals surface area contributed by atoms with Crippen molar-refractivity contribution in [3.8, 4) is 0 Å². The SMILES string of the molecule is CC(C)(Br)C(=O)NCCOCC(N)=O. The lowest BCUT2D eigenvalue weighted by atomic mass is 10.2. The maximum Gasteiger partial charge on any atom is 0.243 e. The number of rotatable bonds is 6. The monoisotopic (exact) mass is 266 g/mol. The topological polar surface area (TPSA) is 81.4 Å². The number of nitrogens with two attached hydrogens (primary N) is 1. The van der Waals surface area contributed by atoms with Gasteiger partial charge in [0.15, 0.2) is 0 Å². The number of nitrogens with one attached hydrogen (secondary N) is 1. The fourth-order valence-corrected chi connectivity index (χ4v) is 0.760. The molecule has 6 heteroatoms. The van der Waals surface area contributed by atoms with Gasteiger partial charge in [0.1, 0.15) is 6.61 Å². The summed E-state index contributed by atoms with van der Waals surface area (Å²) < 4.78 is 4.27. The molecule has 0 spiro atoms. The molecule has 0 atom stereocenters. The Hall–Kier alpha value is -0.620. The smallest absolute Gasteiger partial charge is 0.243 e. The summed E-state index contributed by atoms with van der Waals surface area (Å²) in [6, 6.07) is 0. The number of primary amides is 1. The number of hydrogen-bond acceptors (Lipinski definition) is 3. The number of halogens is 1. The molecule has 0 aliphatic carbocycles. The molecule has 0 rings (SSSR count). The van der Waals surface area contributed by atoms with E-state index in [0.717, 1.165) is 0 Å². The molecule has 0 aromatic rings. The zero-order valence-corrected chi connectivity index (χ0v) is 9.89. The third-order valence-corrected chi connectivity index (χ3v) is 1.68. The maximum atomic E-state index is 11.3. The van der Waals surface area contributed by atoms with Gasteiger partial charge in [0.2, 0.25) is 11.8 Å². The highest BCUT2D eigenvalue weighted by Gasteiger charge is 2.22. The van der Waals surface area contributed by atoms with E-state index in [9.17, 15) is 9.59 Å². The third-order valence-electron chi connectivity index (χ3n) is 1.32. The van der Waals surface area contributed by atoms with Gasteiger partial charge >= 0.3 is 0 Å². The summed E-state index contributed by atoms with van der Waals surface area (Å²) in [4.78, 5) is 21.5. The van der Waals surface area contributed by atoms with Gasteiger partial charge in [0, 0.05) is 6.54 Å². The van der Waals surface area contributed by atoms with E-state index in [1.54, 1.807) is 13.8 Å². The van der Waals surface area contributed by atoms with E-state index in [2.05, 4.69) is 21.2 Å². The van der Waals surface area contributed by atoms with Crippen molar-refractivity contribution in [1.29, 1.82) is 0 Å². The Morgan fingerprint density at radius 2 is 2.07 bits per heavy atom. The van der Waals surface area contributed by atoms with Gasteiger partial charge < -0.3 is 15.8 Å². The lowest BCUT2D eigenvalue weighted by Crippen LogP contribution is -2.39. The number of carbonyl (C=O) groups is 2. The average Bonchev–Trinajstić information content (AvgIpc) is 2.01. The zero-order valence-electron chi connectivity index (χ0n) is 8.30. The molecular formula is C8H15BrN2O3. The van der Waals surface area contributed by atoms with Crippen molar-refractivity contribution in [3.05, 3.63) is 0 Å². The molecule has 0 radical (unpaired) electrons. The number of alkyl halides is 1. The van der Waals surface area contributed by atoms with Gasteiger partial charge in [-0.25, -0.2) is 0 Å². The van der Waals surface area contributed by atoms with Crippen molar-refractivity contribution in [3.63, 3.8) is 0 Å². The van der Waals surface area contributed by atoms with Crippen LogP contribution in [-0.4, -0.2) is 35.9 Å². The molecule has 0 heterocycles. The summed E-state index contributed by atoms with van der Waals surface area (Å²) in [5.41, 5.74) is 4.84. The Morgan fingerprint density at radius 1 is 1.50 bits per heavy atom. The van der Waals surface area contributed by atoms with E-state index in [0.29, 0.717) is 6.54 Å². The highest BCUT2D eigenvalue weighted by atomic mass is 79.9. The maximum absolute atomic E-state index is 11.3. The van der Waals surface area contributed by atoms with Crippen LogP contribution in [0.25, 0.3) is 0 Å². The van der Waals surface area contributed by atoms with Crippen LogP contribution in [0.15, 0.2) is 0 Å². The fraction of sp³-hybridized carbons (Fsp3) is 0.750. The summed E-state index contributed by atoms with van der Waals surface area (Å²) in [6.07, 6.45) is 0. The highest BCUT2D eigenvalue weighted by molar-refractivity contribution is 9.10. The molecule has 0 bridgehead atoms. The molecule has 5 nitrogen and oxygen atoms in total. The molecule has 0 aromatic carbocycles. The van der Waals surface area contributed by atoms with Crippen molar-refractivity contribution >= 4 is 27.7 Å². The zero-order chi connectivity index (χ0) is 11.2. The summed E-state index contributed by atoms with van der Waals surface area (Å²) >= 11 is 3.21.